The van der Waals surface area contributed by atoms with Gasteiger partial charge >= 0.3 is 0 Å². The van der Waals surface area contributed by atoms with Crippen LogP contribution in [-0.4, -0.2) is 29.9 Å². The van der Waals surface area contributed by atoms with Gasteiger partial charge < -0.3 is 4.42 Å². The highest BCUT2D eigenvalue weighted by atomic mass is 32.1. The van der Waals surface area contributed by atoms with Gasteiger partial charge in [-0.2, -0.15) is 0 Å². The first-order valence-electron chi connectivity index (χ1n) is 34.9. The highest BCUT2D eigenvalue weighted by Gasteiger charge is 2.36. The summed E-state index contributed by atoms with van der Waals surface area (Å²) in [5.41, 5.74) is 17.3. The number of para-hydroxylation sites is 1. The van der Waals surface area contributed by atoms with E-state index < -0.39 is 0 Å². The van der Waals surface area contributed by atoms with Crippen molar-refractivity contribution in [2.45, 2.75) is 19.3 Å². The minimum atomic E-state index is -0.227. The van der Waals surface area contributed by atoms with Gasteiger partial charge in [-0.05, 0) is 148 Å². The molecule has 0 saturated carbocycles. The zero-order chi connectivity index (χ0) is 68.3. The second kappa shape index (κ2) is 24.1. The first-order valence-corrected chi connectivity index (χ1v) is 35.7. The molecule has 0 spiro atoms. The van der Waals surface area contributed by atoms with E-state index in [0.29, 0.717) is 34.9 Å². The summed E-state index contributed by atoms with van der Waals surface area (Å²) in [5.74, 6) is 3.98. The SMILES string of the molecule is CC1(C)c2cc(-c3ccc4c(ccc5ccc6oc7ccccc7c6c54)c3)ccc2-c2ccc(-c3nc(-c4ccccc4)nc(-c4ccccc4)n3)cc21.c1ccc(-c2nc(-c3ccccc3)nc(-c3ccc(-c4ccc5c(ccc6ccc7sc8ccccc8c7c65)c4)c4ccccc34)n2)cc1. The fraction of sp³-hybridized carbons (Fsp3) is 0.0316. The topological polar surface area (TPSA) is 90.5 Å². The maximum absolute atomic E-state index is 6.26. The highest BCUT2D eigenvalue weighted by molar-refractivity contribution is 7.26. The predicted molar refractivity (Wildman–Crippen MR) is 428 cm³/mol. The maximum Gasteiger partial charge on any atom is 0.164 e. The number of rotatable bonds is 8. The lowest BCUT2D eigenvalue weighted by Crippen LogP contribution is -2.15. The molecule has 0 N–H and O–H groups in total. The van der Waals surface area contributed by atoms with Crippen molar-refractivity contribution in [3.05, 3.63) is 339 Å². The second-order valence-electron chi connectivity index (χ2n) is 27.2. The van der Waals surface area contributed by atoms with Crippen LogP contribution in [0, 0.1) is 0 Å². The highest BCUT2D eigenvalue weighted by Crippen LogP contribution is 2.52. The summed E-state index contributed by atoms with van der Waals surface area (Å²) in [6.45, 7) is 4.66. The van der Waals surface area contributed by atoms with Crippen LogP contribution in [0.1, 0.15) is 25.0 Å². The number of hydrogen-bond acceptors (Lipinski definition) is 8. The normalized spacial score (nSPS) is 12.4. The largest absolute Gasteiger partial charge is 0.456 e. The first-order chi connectivity index (χ1) is 50.8. The molecule has 482 valence electrons. The molecule has 21 rings (SSSR count). The molecule has 0 radical (unpaired) electrons. The molecule has 0 unspecified atom stereocenters. The maximum atomic E-state index is 6.26. The van der Waals surface area contributed by atoms with Gasteiger partial charge in [0.15, 0.2) is 34.9 Å². The van der Waals surface area contributed by atoms with Crippen LogP contribution in [0.25, 0.3) is 198 Å². The van der Waals surface area contributed by atoms with Gasteiger partial charge in [-0.3, -0.25) is 0 Å². The van der Waals surface area contributed by atoms with Crippen molar-refractivity contribution in [2.75, 3.05) is 0 Å². The molecule has 0 aliphatic heterocycles. The Labute approximate surface area is 597 Å². The molecule has 7 nitrogen and oxygen atoms in total. The molecule has 103 heavy (non-hydrogen) atoms. The smallest absolute Gasteiger partial charge is 0.164 e. The number of hydrogen-bond donors (Lipinski definition) is 0. The monoisotopic (exact) mass is 1330 g/mol. The number of benzene rings is 16. The lowest BCUT2D eigenvalue weighted by molar-refractivity contribution is 0.661. The molecule has 0 fully saturated rings. The fourth-order valence-corrected chi connectivity index (χ4v) is 16.9. The van der Waals surface area contributed by atoms with E-state index in [9.17, 15) is 0 Å². The van der Waals surface area contributed by atoms with Crippen molar-refractivity contribution in [1.82, 2.24) is 29.9 Å². The van der Waals surface area contributed by atoms with Crippen molar-refractivity contribution >= 4 is 107 Å². The van der Waals surface area contributed by atoms with Gasteiger partial charge in [0.25, 0.3) is 0 Å². The molecule has 0 saturated heterocycles. The van der Waals surface area contributed by atoms with Gasteiger partial charge in [-0.1, -0.05) is 287 Å². The number of aromatic nitrogens is 6. The summed E-state index contributed by atoms with van der Waals surface area (Å²) in [6.07, 6.45) is 0. The molecule has 0 amide bonds. The number of thiophene rings is 1. The van der Waals surface area contributed by atoms with Crippen molar-refractivity contribution in [1.29, 1.82) is 0 Å². The lowest BCUT2D eigenvalue weighted by atomic mass is 9.81. The van der Waals surface area contributed by atoms with Crippen LogP contribution in [0.2, 0.25) is 0 Å². The summed E-state index contributed by atoms with van der Waals surface area (Å²) >= 11 is 1.87. The second-order valence-corrected chi connectivity index (χ2v) is 28.3. The Morgan fingerprint density at radius 2 is 0.631 bits per heavy atom. The van der Waals surface area contributed by atoms with Gasteiger partial charge in [-0.15, -0.1) is 11.3 Å². The van der Waals surface area contributed by atoms with E-state index in [1.807, 2.05) is 139 Å². The van der Waals surface area contributed by atoms with E-state index in [1.54, 1.807) is 0 Å². The molecule has 1 aliphatic carbocycles. The minimum Gasteiger partial charge on any atom is -0.456 e. The van der Waals surface area contributed by atoms with Gasteiger partial charge in [0.1, 0.15) is 11.2 Å². The molecule has 4 heterocycles. The van der Waals surface area contributed by atoms with Gasteiger partial charge in [0.2, 0.25) is 0 Å². The van der Waals surface area contributed by atoms with E-state index in [-0.39, 0.29) is 5.41 Å². The molecular weight excluding hydrogens is 1270 g/mol. The Balaban J connectivity index is 0.000000138. The standard InChI is InChI=1S/C50H33N3O.C45H27N3S/c1-50(2)41-28-34(33-19-23-37-35(27-33)18-17-30-22-26-44-46(45(30)37)40-15-9-10-16-43(40)54-44)20-24-38(41)39-25-21-36(29-42(39)50)49-52-47(31-11-5-3-6-12-31)51-48(53-49)32-13-7-4-8-14-32;1-3-11-29(12-4-1)43-46-44(30-13-5-2-6-14-30)48-45(47-43)37-25-24-33(35-15-7-8-16-36(35)37)31-21-23-34-32(27-31)20-19-28-22-26-40-42(41(28)34)38-17-9-10-18-39(38)49-40/h3-29H,1-2H3;1-27H. The van der Waals surface area contributed by atoms with E-state index in [4.69, 9.17) is 34.3 Å². The summed E-state index contributed by atoms with van der Waals surface area (Å²) in [7, 11) is 0. The third-order valence-corrected chi connectivity index (χ3v) is 22.0. The molecule has 8 heteroatoms. The Hall–Kier alpha value is -13.1. The zero-order valence-corrected chi connectivity index (χ0v) is 57.0. The molecule has 4 aromatic heterocycles. The summed E-state index contributed by atoms with van der Waals surface area (Å²) in [6, 6.07) is 116. The Bertz CT molecular complexity index is 6710. The van der Waals surface area contributed by atoms with E-state index >= 15 is 0 Å². The first kappa shape index (κ1) is 59.9. The summed E-state index contributed by atoms with van der Waals surface area (Å²) < 4.78 is 8.92. The van der Waals surface area contributed by atoms with Crippen LogP contribution < -0.4 is 0 Å². The average Bonchev–Trinajstić information content (AvgIpc) is 1.61. The van der Waals surface area contributed by atoms with Gasteiger partial charge in [0.05, 0.1) is 0 Å². The Morgan fingerprint density at radius 3 is 1.22 bits per heavy atom. The Morgan fingerprint density at radius 1 is 0.233 bits per heavy atom. The number of fused-ring (bicyclic) bond motifs is 18. The average molecular weight is 1330 g/mol. The van der Waals surface area contributed by atoms with Crippen molar-refractivity contribution < 1.29 is 4.42 Å². The molecule has 1 aliphatic rings. The van der Waals surface area contributed by atoms with E-state index in [1.165, 1.54) is 113 Å². The summed E-state index contributed by atoms with van der Waals surface area (Å²) in [4.78, 5) is 29.9. The molecule has 0 bridgehead atoms. The van der Waals surface area contributed by atoms with Crippen LogP contribution >= 0.6 is 11.3 Å². The van der Waals surface area contributed by atoms with Crippen molar-refractivity contribution in [3.8, 4) is 102 Å². The van der Waals surface area contributed by atoms with E-state index in [0.717, 1.165) is 60.7 Å². The molecule has 0 atom stereocenters. The molecular formula is C95H60N6OS. The molecule has 16 aromatic carbocycles. The Kier molecular flexibility index (Phi) is 14.0. The van der Waals surface area contributed by atoms with Crippen LogP contribution in [0.3, 0.4) is 0 Å². The van der Waals surface area contributed by atoms with E-state index in [2.05, 4.69) is 214 Å². The predicted octanol–water partition coefficient (Wildman–Crippen LogP) is 25.4. The van der Waals surface area contributed by atoms with Crippen LogP contribution in [0.15, 0.2) is 332 Å². The fourth-order valence-electron chi connectivity index (χ4n) is 15.8. The van der Waals surface area contributed by atoms with Crippen LogP contribution in [-0.2, 0) is 5.41 Å². The van der Waals surface area contributed by atoms with Crippen LogP contribution in [0.5, 0.6) is 0 Å². The van der Waals surface area contributed by atoms with Crippen LogP contribution in [0.4, 0.5) is 0 Å². The van der Waals surface area contributed by atoms with Gasteiger partial charge in [0, 0.05) is 75.1 Å². The number of furan rings is 1. The van der Waals surface area contributed by atoms with Gasteiger partial charge in [-0.25, -0.2) is 29.9 Å². The molecule has 20 aromatic rings. The number of nitrogens with zero attached hydrogens (tertiary/aromatic N) is 6. The third-order valence-electron chi connectivity index (χ3n) is 20.8. The zero-order valence-electron chi connectivity index (χ0n) is 56.2. The quantitative estimate of drug-likeness (QED) is 0.140. The summed E-state index contributed by atoms with van der Waals surface area (Å²) in [5, 5.41) is 17.3. The van der Waals surface area contributed by atoms with Crippen molar-refractivity contribution in [3.63, 3.8) is 0 Å². The van der Waals surface area contributed by atoms with Crippen molar-refractivity contribution in [2.24, 2.45) is 0 Å². The minimum absolute atomic E-state index is 0.227. The lowest BCUT2D eigenvalue weighted by Gasteiger charge is -2.22. The third kappa shape index (κ3) is 10.2.